The fraction of sp³-hybridized carbons (Fsp3) is 0.462. The molecule has 0 atom stereocenters. The van der Waals surface area contributed by atoms with Crippen LogP contribution in [0.4, 0.5) is 0 Å². The maximum Gasteiger partial charge on any atom is 0.269 e. The summed E-state index contributed by atoms with van der Waals surface area (Å²) in [6, 6.07) is 2.94. The van der Waals surface area contributed by atoms with Crippen molar-refractivity contribution in [3.05, 3.63) is 29.6 Å². The smallest absolute Gasteiger partial charge is 0.269 e. The fourth-order valence-corrected chi connectivity index (χ4v) is 1.52. The van der Waals surface area contributed by atoms with Crippen molar-refractivity contribution in [3.63, 3.8) is 0 Å². The summed E-state index contributed by atoms with van der Waals surface area (Å²) < 4.78 is 0. The lowest BCUT2D eigenvalue weighted by Crippen LogP contribution is -2.49. The summed E-state index contributed by atoms with van der Waals surface area (Å²) in [5.74, 6) is -0.884. The Morgan fingerprint density at radius 1 is 1.32 bits per heavy atom. The van der Waals surface area contributed by atoms with Crippen molar-refractivity contribution < 1.29 is 9.59 Å². The second-order valence-corrected chi connectivity index (χ2v) is 4.55. The minimum absolute atomic E-state index is 0.236. The van der Waals surface area contributed by atoms with Gasteiger partial charge in [0.1, 0.15) is 5.69 Å². The van der Waals surface area contributed by atoms with Crippen LogP contribution in [0, 0.1) is 0 Å². The highest BCUT2D eigenvalue weighted by atomic mass is 16.2. The van der Waals surface area contributed by atoms with Gasteiger partial charge in [-0.15, -0.1) is 0 Å². The molecular weight excluding hydrogens is 244 g/mol. The highest BCUT2D eigenvalue weighted by Gasteiger charge is 2.21. The average Bonchev–Trinajstić information content (AvgIpc) is 2.44. The number of amides is 2. The molecule has 0 radical (unpaired) electrons. The average molecular weight is 264 g/mol. The van der Waals surface area contributed by atoms with Gasteiger partial charge in [0.2, 0.25) is 5.91 Å². The Hall–Kier alpha value is -1.95. The molecule has 0 aromatic carbocycles. The summed E-state index contributed by atoms with van der Waals surface area (Å²) in [6.45, 7) is 4.35. The van der Waals surface area contributed by atoms with Gasteiger partial charge in [-0.2, -0.15) is 0 Å². The molecule has 0 fully saturated rings. The predicted molar refractivity (Wildman–Crippen MR) is 72.6 cm³/mol. The van der Waals surface area contributed by atoms with Gasteiger partial charge in [0.25, 0.3) is 5.91 Å². The predicted octanol–water partition coefficient (Wildman–Crippen LogP) is 0.428. The van der Waals surface area contributed by atoms with E-state index in [-0.39, 0.29) is 17.2 Å². The van der Waals surface area contributed by atoms with E-state index >= 15 is 0 Å². The van der Waals surface area contributed by atoms with Crippen molar-refractivity contribution in [2.24, 2.45) is 11.5 Å². The van der Waals surface area contributed by atoms with Crippen molar-refractivity contribution in [1.29, 1.82) is 0 Å². The lowest BCUT2D eigenvalue weighted by Gasteiger charge is -2.26. The van der Waals surface area contributed by atoms with Crippen LogP contribution in [-0.4, -0.2) is 28.9 Å². The first-order valence-electron chi connectivity index (χ1n) is 6.25. The highest BCUT2D eigenvalue weighted by Crippen LogP contribution is 2.09. The number of primary amides is 1. The molecule has 0 saturated heterocycles. The summed E-state index contributed by atoms with van der Waals surface area (Å²) in [5.41, 5.74) is 11.3. The molecule has 6 nitrogen and oxygen atoms in total. The third-order valence-electron chi connectivity index (χ3n) is 3.29. The van der Waals surface area contributed by atoms with Gasteiger partial charge >= 0.3 is 0 Å². The van der Waals surface area contributed by atoms with Crippen molar-refractivity contribution in [2.45, 2.75) is 32.2 Å². The van der Waals surface area contributed by atoms with E-state index in [1.165, 1.54) is 18.3 Å². The van der Waals surface area contributed by atoms with Crippen molar-refractivity contribution in [1.82, 2.24) is 10.3 Å². The van der Waals surface area contributed by atoms with Crippen LogP contribution in [0.2, 0.25) is 0 Å². The van der Waals surface area contributed by atoms with Crippen LogP contribution >= 0.6 is 0 Å². The normalized spacial score (nSPS) is 11.1. The maximum atomic E-state index is 11.9. The number of nitrogens with two attached hydrogens (primary N) is 2. The summed E-state index contributed by atoms with van der Waals surface area (Å²) in [6.07, 6.45) is 2.84. The van der Waals surface area contributed by atoms with Gasteiger partial charge in [-0.3, -0.25) is 14.6 Å². The molecule has 19 heavy (non-hydrogen) atoms. The van der Waals surface area contributed by atoms with Gasteiger partial charge in [0.15, 0.2) is 0 Å². The van der Waals surface area contributed by atoms with Crippen LogP contribution in [0.15, 0.2) is 18.3 Å². The molecule has 104 valence electrons. The Balaban J connectivity index is 2.66. The molecule has 1 aromatic rings. The Morgan fingerprint density at radius 3 is 2.37 bits per heavy atom. The van der Waals surface area contributed by atoms with E-state index in [1.54, 1.807) is 0 Å². The van der Waals surface area contributed by atoms with E-state index in [4.69, 9.17) is 11.5 Å². The van der Waals surface area contributed by atoms with E-state index in [2.05, 4.69) is 10.3 Å². The molecule has 5 N–H and O–H groups in total. The van der Waals surface area contributed by atoms with Gasteiger partial charge in [0.05, 0.1) is 5.56 Å². The number of carbonyl (C=O) groups is 2. The number of rotatable bonds is 6. The molecule has 1 rings (SSSR count). The monoisotopic (exact) mass is 264 g/mol. The van der Waals surface area contributed by atoms with Crippen molar-refractivity contribution in [3.8, 4) is 0 Å². The summed E-state index contributed by atoms with van der Waals surface area (Å²) in [7, 11) is 0. The third-order valence-corrected chi connectivity index (χ3v) is 3.29. The Kier molecular flexibility index (Phi) is 5.00. The molecule has 2 amide bonds. The number of hydrogen-bond donors (Lipinski definition) is 3. The fourth-order valence-electron chi connectivity index (χ4n) is 1.52. The SMILES string of the molecule is CCC(N)(CC)CNC(=O)c1ccc(C(N)=O)cn1. The van der Waals surface area contributed by atoms with Crippen LogP contribution in [0.3, 0.4) is 0 Å². The van der Waals surface area contributed by atoms with Crippen LogP contribution in [0.25, 0.3) is 0 Å². The molecule has 0 aliphatic carbocycles. The largest absolute Gasteiger partial charge is 0.366 e. The minimum Gasteiger partial charge on any atom is -0.366 e. The van der Waals surface area contributed by atoms with E-state index in [1.807, 2.05) is 13.8 Å². The number of nitrogens with zero attached hydrogens (tertiary/aromatic N) is 1. The number of nitrogens with one attached hydrogen (secondary N) is 1. The van der Waals surface area contributed by atoms with Crippen molar-refractivity contribution in [2.75, 3.05) is 6.54 Å². The summed E-state index contributed by atoms with van der Waals surface area (Å²) in [5, 5.41) is 2.75. The van der Waals surface area contributed by atoms with Gasteiger partial charge < -0.3 is 16.8 Å². The Morgan fingerprint density at radius 2 is 1.95 bits per heavy atom. The van der Waals surface area contributed by atoms with E-state index < -0.39 is 11.4 Å². The summed E-state index contributed by atoms with van der Waals surface area (Å²) in [4.78, 5) is 26.6. The number of carbonyl (C=O) groups excluding carboxylic acids is 2. The summed E-state index contributed by atoms with van der Waals surface area (Å²) >= 11 is 0. The minimum atomic E-state index is -0.572. The van der Waals surface area contributed by atoms with Crippen LogP contribution in [-0.2, 0) is 0 Å². The lowest BCUT2D eigenvalue weighted by atomic mass is 9.94. The molecule has 1 aromatic heterocycles. The standard InChI is InChI=1S/C13H20N4O2/c1-3-13(15,4-2)8-17-12(19)10-6-5-9(7-16-10)11(14)18/h5-7H,3-4,8,15H2,1-2H3,(H2,14,18)(H,17,19). The van der Waals surface area contributed by atoms with Crippen LogP contribution in [0.1, 0.15) is 47.5 Å². The second kappa shape index (κ2) is 6.29. The molecule has 0 bridgehead atoms. The van der Waals surface area contributed by atoms with E-state index in [0.29, 0.717) is 6.54 Å². The molecule has 0 saturated carbocycles. The maximum absolute atomic E-state index is 11.9. The first kappa shape index (κ1) is 15.1. The van der Waals surface area contributed by atoms with E-state index in [9.17, 15) is 9.59 Å². The number of pyridine rings is 1. The molecule has 0 aliphatic heterocycles. The van der Waals surface area contributed by atoms with Gasteiger partial charge in [0, 0.05) is 18.3 Å². The Bertz CT molecular complexity index is 452. The third kappa shape index (κ3) is 4.03. The van der Waals surface area contributed by atoms with Gasteiger partial charge in [-0.25, -0.2) is 0 Å². The lowest BCUT2D eigenvalue weighted by molar-refractivity contribution is 0.0934. The van der Waals surface area contributed by atoms with Crippen molar-refractivity contribution >= 4 is 11.8 Å². The number of aromatic nitrogens is 1. The quantitative estimate of drug-likeness (QED) is 0.691. The molecule has 6 heteroatoms. The topological polar surface area (TPSA) is 111 Å². The second-order valence-electron chi connectivity index (χ2n) is 4.55. The van der Waals surface area contributed by atoms with Gasteiger partial charge in [-0.1, -0.05) is 13.8 Å². The molecule has 0 unspecified atom stereocenters. The van der Waals surface area contributed by atoms with Crippen LogP contribution in [0.5, 0.6) is 0 Å². The number of hydrogen-bond acceptors (Lipinski definition) is 4. The van der Waals surface area contributed by atoms with Gasteiger partial charge in [-0.05, 0) is 25.0 Å². The molecular formula is C13H20N4O2. The Labute approximate surface area is 112 Å². The highest BCUT2D eigenvalue weighted by molar-refractivity contribution is 5.95. The zero-order valence-electron chi connectivity index (χ0n) is 11.3. The zero-order chi connectivity index (χ0) is 14.5. The zero-order valence-corrected chi connectivity index (χ0v) is 11.3. The van der Waals surface area contributed by atoms with Crippen LogP contribution < -0.4 is 16.8 Å². The first-order valence-corrected chi connectivity index (χ1v) is 6.25. The molecule has 0 aliphatic rings. The first-order chi connectivity index (χ1) is 8.91. The molecule has 1 heterocycles. The van der Waals surface area contributed by atoms with E-state index in [0.717, 1.165) is 12.8 Å². The molecule has 0 spiro atoms.